The van der Waals surface area contributed by atoms with Crippen molar-refractivity contribution in [2.24, 2.45) is 5.10 Å². The van der Waals surface area contributed by atoms with Crippen LogP contribution in [0.4, 0.5) is 5.69 Å². The van der Waals surface area contributed by atoms with Crippen molar-refractivity contribution < 1.29 is 4.74 Å². The van der Waals surface area contributed by atoms with Gasteiger partial charge < -0.3 is 4.74 Å². The molecule has 21 heavy (non-hydrogen) atoms. The van der Waals surface area contributed by atoms with E-state index < -0.39 is 0 Å². The van der Waals surface area contributed by atoms with Crippen molar-refractivity contribution in [3.63, 3.8) is 0 Å². The minimum absolute atomic E-state index is 0. The van der Waals surface area contributed by atoms with Gasteiger partial charge >= 0.3 is 0 Å². The smallest absolute Gasteiger partial charge is 0.118 e. The van der Waals surface area contributed by atoms with E-state index in [2.05, 4.69) is 22.2 Å². The molecule has 1 aromatic heterocycles. The van der Waals surface area contributed by atoms with Crippen LogP contribution in [0.15, 0.2) is 53.9 Å². The van der Waals surface area contributed by atoms with Crippen molar-refractivity contribution in [3.8, 4) is 5.75 Å². The van der Waals surface area contributed by atoms with Crippen LogP contribution < -0.4 is 9.75 Å². The molecule has 0 saturated heterocycles. The Balaban J connectivity index is 0.00000220. The molecule has 0 bridgehead atoms. The third-order valence-corrected chi connectivity index (χ3v) is 3.01. The molecule has 2 rings (SSSR count). The number of aromatic nitrogens is 1. The van der Waals surface area contributed by atoms with Crippen LogP contribution in [-0.4, -0.2) is 25.4 Å². The van der Waals surface area contributed by atoms with Crippen molar-refractivity contribution in [1.82, 2.24) is 4.98 Å². The highest BCUT2D eigenvalue weighted by molar-refractivity contribution is 5.85. The Hall–Kier alpha value is -2.07. The predicted octanol–water partition coefficient (Wildman–Crippen LogP) is 3.57. The molecule has 1 heterocycles. The zero-order valence-corrected chi connectivity index (χ0v) is 13.1. The van der Waals surface area contributed by atoms with Crippen molar-refractivity contribution in [2.45, 2.75) is 12.8 Å². The summed E-state index contributed by atoms with van der Waals surface area (Å²) < 4.78 is 5.14. The van der Waals surface area contributed by atoms with Gasteiger partial charge in [-0.15, -0.1) is 12.4 Å². The summed E-state index contributed by atoms with van der Waals surface area (Å²) in [4.78, 5) is 3.99. The number of nitrogens with zero attached hydrogens (tertiary/aromatic N) is 3. The van der Waals surface area contributed by atoms with Crippen LogP contribution in [0, 0.1) is 0 Å². The van der Waals surface area contributed by atoms with Crippen LogP contribution >= 0.6 is 12.4 Å². The summed E-state index contributed by atoms with van der Waals surface area (Å²) in [6.07, 6.45) is 7.33. The van der Waals surface area contributed by atoms with Crippen molar-refractivity contribution in [1.29, 1.82) is 0 Å². The number of halogens is 1. The first kappa shape index (κ1) is 17.0. The van der Waals surface area contributed by atoms with Crippen LogP contribution in [0.1, 0.15) is 12.0 Å². The highest BCUT2D eigenvalue weighted by atomic mass is 35.5. The van der Waals surface area contributed by atoms with Gasteiger partial charge in [-0.25, -0.2) is 0 Å². The second-order valence-electron chi connectivity index (χ2n) is 4.41. The van der Waals surface area contributed by atoms with Crippen LogP contribution in [0.2, 0.25) is 0 Å². The summed E-state index contributed by atoms with van der Waals surface area (Å²) in [5.41, 5.74) is 2.31. The molecule has 0 atom stereocenters. The Labute approximate surface area is 131 Å². The van der Waals surface area contributed by atoms with Gasteiger partial charge in [-0.05, 0) is 42.7 Å². The molecule has 5 heteroatoms. The number of hydrogen-bond donors (Lipinski definition) is 0. The third kappa shape index (κ3) is 5.44. The van der Waals surface area contributed by atoms with E-state index in [9.17, 15) is 0 Å². The van der Waals surface area contributed by atoms with Gasteiger partial charge in [0.05, 0.1) is 12.8 Å². The van der Waals surface area contributed by atoms with Crippen molar-refractivity contribution in [2.75, 3.05) is 19.2 Å². The summed E-state index contributed by atoms with van der Waals surface area (Å²) in [5.74, 6) is 0.889. The molecule has 112 valence electrons. The van der Waals surface area contributed by atoms with E-state index in [1.165, 1.54) is 5.56 Å². The highest BCUT2D eigenvalue weighted by Crippen LogP contribution is 2.12. The maximum Gasteiger partial charge on any atom is 0.118 e. The number of pyridine rings is 1. The lowest BCUT2D eigenvalue weighted by atomic mass is 10.1. The summed E-state index contributed by atoms with van der Waals surface area (Å²) in [6.45, 7) is 0. The molecule has 0 radical (unpaired) electrons. The van der Waals surface area contributed by atoms with Gasteiger partial charge in [0.1, 0.15) is 5.75 Å². The molecule has 0 aliphatic carbocycles. The van der Waals surface area contributed by atoms with E-state index in [-0.39, 0.29) is 12.4 Å². The lowest BCUT2D eigenvalue weighted by Gasteiger charge is -2.11. The van der Waals surface area contributed by atoms with Gasteiger partial charge in [-0.2, -0.15) is 5.10 Å². The van der Waals surface area contributed by atoms with Crippen LogP contribution in [-0.2, 0) is 6.42 Å². The molecule has 0 N–H and O–H groups in total. The first-order valence-electron chi connectivity index (χ1n) is 6.58. The Morgan fingerprint density at radius 1 is 1.14 bits per heavy atom. The van der Waals surface area contributed by atoms with Crippen molar-refractivity contribution >= 4 is 24.3 Å². The average molecular weight is 306 g/mol. The van der Waals surface area contributed by atoms with Crippen molar-refractivity contribution in [3.05, 3.63) is 54.4 Å². The standard InChI is InChI=1S/C16H19N3O.ClH/c1-19(15-9-12-17-13-10-15)18-11-3-4-14-5-7-16(20-2)8-6-14;/h5-13H,3-4H2,1-2H3;1H. The predicted molar refractivity (Wildman–Crippen MR) is 89.7 cm³/mol. The maximum atomic E-state index is 5.14. The fraction of sp³-hybridized carbons (Fsp3) is 0.250. The molecule has 1 aromatic carbocycles. The Morgan fingerprint density at radius 3 is 2.43 bits per heavy atom. The first-order chi connectivity index (χ1) is 9.79. The van der Waals surface area contributed by atoms with E-state index >= 15 is 0 Å². The first-order valence-corrected chi connectivity index (χ1v) is 6.58. The second kappa shape index (κ2) is 8.97. The molecule has 0 spiro atoms. The molecule has 0 unspecified atom stereocenters. The molecule has 0 aliphatic heterocycles. The van der Waals surface area contributed by atoms with Crippen LogP contribution in [0.3, 0.4) is 0 Å². The van der Waals surface area contributed by atoms with E-state index in [0.717, 1.165) is 24.3 Å². The second-order valence-corrected chi connectivity index (χ2v) is 4.41. The average Bonchev–Trinajstić information content (AvgIpc) is 2.53. The lowest BCUT2D eigenvalue weighted by Crippen LogP contribution is -2.08. The Bertz CT molecular complexity index is 543. The van der Waals surface area contributed by atoms with Gasteiger partial charge in [0.2, 0.25) is 0 Å². The van der Waals surface area contributed by atoms with Gasteiger partial charge in [0.15, 0.2) is 0 Å². The molecule has 0 fully saturated rings. The summed E-state index contributed by atoms with van der Waals surface area (Å²) in [6, 6.07) is 12.0. The zero-order chi connectivity index (χ0) is 14.2. The van der Waals surface area contributed by atoms with E-state index in [0.29, 0.717) is 0 Å². The Kier molecular flexibility index (Phi) is 7.26. The molecule has 0 aliphatic rings. The quantitative estimate of drug-likeness (QED) is 0.605. The SMILES string of the molecule is COc1ccc(CCC=NN(C)c2ccncc2)cc1.Cl. The topological polar surface area (TPSA) is 37.7 Å². The van der Waals surface area contributed by atoms with Crippen LogP contribution in [0.5, 0.6) is 5.75 Å². The van der Waals surface area contributed by atoms with Crippen LogP contribution in [0.25, 0.3) is 0 Å². The number of ether oxygens (including phenoxy) is 1. The monoisotopic (exact) mass is 305 g/mol. The molecule has 2 aromatic rings. The number of hydrogen-bond acceptors (Lipinski definition) is 4. The minimum Gasteiger partial charge on any atom is -0.497 e. The van der Waals surface area contributed by atoms with E-state index in [1.54, 1.807) is 19.5 Å². The summed E-state index contributed by atoms with van der Waals surface area (Å²) >= 11 is 0. The van der Waals surface area contributed by atoms with E-state index in [1.807, 2.05) is 42.5 Å². The number of aryl methyl sites for hydroxylation is 1. The number of methoxy groups -OCH3 is 1. The van der Waals surface area contributed by atoms with Gasteiger partial charge in [-0.1, -0.05) is 12.1 Å². The number of hydrazone groups is 1. The largest absolute Gasteiger partial charge is 0.497 e. The number of benzene rings is 1. The zero-order valence-electron chi connectivity index (χ0n) is 12.3. The fourth-order valence-electron chi connectivity index (χ4n) is 1.83. The summed E-state index contributed by atoms with van der Waals surface area (Å²) in [5, 5.41) is 6.24. The molecular formula is C16H20ClN3O. The fourth-order valence-corrected chi connectivity index (χ4v) is 1.83. The van der Waals surface area contributed by atoms with Gasteiger partial charge in [0.25, 0.3) is 0 Å². The number of rotatable bonds is 6. The van der Waals surface area contributed by atoms with Gasteiger partial charge in [0, 0.05) is 25.7 Å². The lowest BCUT2D eigenvalue weighted by molar-refractivity contribution is 0.414. The maximum absolute atomic E-state index is 5.14. The highest BCUT2D eigenvalue weighted by Gasteiger charge is 1.96. The minimum atomic E-state index is 0. The molecule has 0 saturated carbocycles. The normalized spacial score (nSPS) is 10.2. The Morgan fingerprint density at radius 2 is 1.81 bits per heavy atom. The van der Waals surface area contributed by atoms with Gasteiger partial charge in [-0.3, -0.25) is 9.99 Å². The van der Waals surface area contributed by atoms with E-state index in [4.69, 9.17) is 4.74 Å². The number of anilines is 1. The molecule has 0 amide bonds. The molecule has 4 nitrogen and oxygen atoms in total. The third-order valence-electron chi connectivity index (χ3n) is 3.01. The molecular weight excluding hydrogens is 286 g/mol. The summed E-state index contributed by atoms with van der Waals surface area (Å²) in [7, 11) is 3.61.